The fourth-order valence-electron chi connectivity index (χ4n) is 6.55. The van der Waals surface area contributed by atoms with Crippen molar-refractivity contribution in [3.8, 4) is 0 Å². The molecule has 3 unspecified atom stereocenters. The Morgan fingerprint density at radius 3 is 1.35 bits per heavy atom. The number of esters is 2. The molecule has 0 N–H and O–H groups in total. The van der Waals surface area contributed by atoms with Crippen LogP contribution >= 0.6 is 0 Å². The van der Waals surface area contributed by atoms with Crippen LogP contribution in [0.4, 0.5) is 0 Å². The van der Waals surface area contributed by atoms with E-state index < -0.39 is 0 Å². The van der Waals surface area contributed by atoms with E-state index in [0.717, 1.165) is 103 Å². The van der Waals surface area contributed by atoms with Gasteiger partial charge in [0.1, 0.15) is 0 Å². The van der Waals surface area contributed by atoms with Crippen molar-refractivity contribution >= 4 is 11.9 Å². The van der Waals surface area contributed by atoms with Gasteiger partial charge in [0, 0.05) is 26.1 Å². The molecule has 0 aliphatic rings. The second kappa shape index (κ2) is 33.4. The van der Waals surface area contributed by atoms with Crippen molar-refractivity contribution in [2.75, 3.05) is 53.7 Å². The zero-order chi connectivity index (χ0) is 38.3. The minimum atomic E-state index is -0.0372. The maximum Gasteiger partial charge on any atom is 0.305 e. The predicted molar refractivity (Wildman–Crippen MR) is 215 cm³/mol. The number of carbonyl (C=O) groups is 2. The minimum absolute atomic E-state index is 0.0305. The molecule has 0 aromatic heterocycles. The van der Waals surface area contributed by atoms with Gasteiger partial charge < -0.3 is 23.8 Å². The summed E-state index contributed by atoms with van der Waals surface area (Å²) in [5.41, 5.74) is 0. The van der Waals surface area contributed by atoms with Crippen LogP contribution in [0.2, 0.25) is 0 Å². The van der Waals surface area contributed by atoms with Crippen molar-refractivity contribution in [1.82, 2.24) is 4.90 Å². The van der Waals surface area contributed by atoms with E-state index in [9.17, 15) is 9.59 Å². The van der Waals surface area contributed by atoms with Crippen molar-refractivity contribution in [2.45, 2.75) is 183 Å². The van der Waals surface area contributed by atoms with Crippen LogP contribution in [0, 0.1) is 35.5 Å². The Kier molecular flexibility index (Phi) is 32.6. The van der Waals surface area contributed by atoms with Gasteiger partial charge in [-0.1, -0.05) is 93.9 Å². The molecule has 7 nitrogen and oxygen atoms in total. The molecule has 0 bridgehead atoms. The molecule has 0 aliphatic carbocycles. The summed E-state index contributed by atoms with van der Waals surface area (Å²) in [6.45, 7) is 22.5. The summed E-state index contributed by atoms with van der Waals surface area (Å²) in [5.74, 6) is 3.81. The van der Waals surface area contributed by atoms with Gasteiger partial charge in [0.25, 0.3) is 0 Å². The number of hydrogen-bond donors (Lipinski definition) is 0. The Morgan fingerprint density at radius 2 is 0.922 bits per heavy atom. The molecule has 0 saturated heterocycles. The number of rotatable bonds is 36. The molecule has 0 radical (unpaired) electrons. The van der Waals surface area contributed by atoms with Gasteiger partial charge >= 0.3 is 11.9 Å². The molecule has 0 aromatic carbocycles. The zero-order valence-electron chi connectivity index (χ0n) is 35.6. The van der Waals surface area contributed by atoms with Crippen molar-refractivity contribution in [3.63, 3.8) is 0 Å². The van der Waals surface area contributed by atoms with Gasteiger partial charge in [0.2, 0.25) is 0 Å². The van der Waals surface area contributed by atoms with E-state index in [0.29, 0.717) is 68.2 Å². The highest BCUT2D eigenvalue weighted by Crippen LogP contribution is 2.26. The molecule has 0 amide bonds. The number of nitrogens with zero attached hydrogens (tertiary/aromatic N) is 1. The summed E-state index contributed by atoms with van der Waals surface area (Å²) < 4.78 is 23.4. The molecule has 0 heterocycles. The molecule has 0 fully saturated rings. The minimum Gasteiger partial charge on any atom is -0.466 e. The van der Waals surface area contributed by atoms with E-state index in [4.69, 9.17) is 18.9 Å². The summed E-state index contributed by atoms with van der Waals surface area (Å²) in [4.78, 5) is 26.7. The molecule has 3 atom stereocenters. The smallest absolute Gasteiger partial charge is 0.305 e. The highest BCUT2D eigenvalue weighted by Gasteiger charge is 2.18. The van der Waals surface area contributed by atoms with E-state index >= 15 is 0 Å². The van der Waals surface area contributed by atoms with E-state index in [1.165, 1.54) is 25.7 Å². The van der Waals surface area contributed by atoms with Gasteiger partial charge in [-0.25, -0.2) is 0 Å². The Bertz CT molecular complexity index is 740. The molecule has 51 heavy (non-hydrogen) atoms. The van der Waals surface area contributed by atoms with Gasteiger partial charge in [-0.2, -0.15) is 0 Å². The molecule has 0 spiro atoms. The van der Waals surface area contributed by atoms with Gasteiger partial charge in [-0.05, 0) is 127 Å². The topological polar surface area (TPSA) is 74.3 Å². The highest BCUT2D eigenvalue weighted by molar-refractivity contribution is 5.69. The SMILES string of the molecule is CC(C)CCC(CCC(=O)OCCCCCCCOC(CCCN(C)C)COCCCCCCOC(=O)CCC(CCC(C)C)C(C)C)C(C)C. The number of ether oxygens (including phenoxy) is 4. The van der Waals surface area contributed by atoms with Gasteiger partial charge in [0.15, 0.2) is 0 Å². The standard InChI is InChI=1S/C44H87NO6/c1-36(2)22-24-40(38(5)6)26-28-43(46)50-33-18-13-11-12-17-32-49-42(21-20-30-45(9)10)35-48-31-16-14-15-19-34-51-44(47)29-27-41(39(7)8)25-23-37(3)4/h36-42H,11-35H2,1-10H3. The molecule has 0 saturated carbocycles. The van der Waals surface area contributed by atoms with Crippen molar-refractivity contribution in [1.29, 1.82) is 0 Å². The average molecular weight is 726 g/mol. The monoisotopic (exact) mass is 726 g/mol. The van der Waals surface area contributed by atoms with Crippen LogP contribution in [0.1, 0.15) is 177 Å². The first kappa shape index (κ1) is 49.8. The first-order chi connectivity index (χ1) is 24.3. The molecule has 0 aliphatic heterocycles. The van der Waals surface area contributed by atoms with E-state index in [-0.39, 0.29) is 18.0 Å². The Balaban J connectivity index is 4.01. The number of carbonyl (C=O) groups excluding carboxylic acids is 2. The normalized spacial score (nSPS) is 13.9. The van der Waals surface area contributed by atoms with Crippen molar-refractivity contribution < 1.29 is 28.5 Å². The van der Waals surface area contributed by atoms with Crippen molar-refractivity contribution in [3.05, 3.63) is 0 Å². The third-order valence-electron chi connectivity index (χ3n) is 10.3. The predicted octanol–water partition coefficient (Wildman–Crippen LogP) is 11.3. The molecular formula is C44H87NO6. The summed E-state index contributed by atoms with van der Waals surface area (Å²) in [7, 11) is 4.23. The van der Waals surface area contributed by atoms with Crippen LogP contribution in [0.3, 0.4) is 0 Å². The Hall–Kier alpha value is -1.18. The third kappa shape index (κ3) is 33.1. The maximum atomic E-state index is 12.3. The van der Waals surface area contributed by atoms with Gasteiger partial charge in [0.05, 0.1) is 25.9 Å². The lowest BCUT2D eigenvalue weighted by Gasteiger charge is -2.21. The number of hydrogen-bond acceptors (Lipinski definition) is 7. The summed E-state index contributed by atoms with van der Waals surface area (Å²) in [6, 6.07) is 0. The summed E-state index contributed by atoms with van der Waals surface area (Å²) in [6.07, 6.45) is 19.6. The van der Waals surface area contributed by atoms with E-state index in [1.54, 1.807) is 0 Å². The molecule has 7 heteroatoms. The second-order valence-electron chi connectivity index (χ2n) is 17.2. The molecule has 0 rings (SSSR count). The van der Waals surface area contributed by atoms with Crippen LogP contribution in [-0.2, 0) is 28.5 Å². The van der Waals surface area contributed by atoms with Gasteiger partial charge in [-0.15, -0.1) is 0 Å². The van der Waals surface area contributed by atoms with Crippen LogP contribution in [0.5, 0.6) is 0 Å². The second-order valence-corrected chi connectivity index (χ2v) is 17.2. The van der Waals surface area contributed by atoms with Crippen LogP contribution in [-0.4, -0.2) is 76.6 Å². The van der Waals surface area contributed by atoms with Gasteiger partial charge in [-0.3, -0.25) is 9.59 Å². The summed E-state index contributed by atoms with van der Waals surface area (Å²) in [5, 5.41) is 0. The lowest BCUT2D eigenvalue weighted by atomic mass is 9.85. The lowest BCUT2D eigenvalue weighted by Crippen LogP contribution is -2.23. The Labute approximate surface area is 317 Å². The molecule has 304 valence electrons. The zero-order valence-corrected chi connectivity index (χ0v) is 35.6. The van der Waals surface area contributed by atoms with Crippen LogP contribution in [0.15, 0.2) is 0 Å². The quantitative estimate of drug-likeness (QED) is 0.0470. The molecular weight excluding hydrogens is 638 g/mol. The maximum absolute atomic E-state index is 12.3. The fourth-order valence-corrected chi connectivity index (χ4v) is 6.55. The largest absolute Gasteiger partial charge is 0.466 e. The highest BCUT2D eigenvalue weighted by atomic mass is 16.5. The van der Waals surface area contributed by atoms with Crippen molar-refractivity contribution in [2.24, 2.45) is 35.5 Å². The first-order valence-corrected chi connectivity index (χ1v) is 21.5. The molecule has 0 aromatic rings. The van der Waals surface area contributed by atoms with Crippen LogP contribution in [0.25, 0.3) is 0 Å². The lowest BCUT2D eigenvalue weighted by molar-refractivity contribution is -0.145. The average Bonchev–Trinajstić information content (AvgIpc) is 3.05. The van der Waals surface area contributed by atoms with E-state index in [1.807, 2.05) is 0 Å². The third-order valence-corrected chi connectivity index (χ3v) is 10.3. The van der Waals surface area contributed by atoms with Crippen LogP contribution < -0.4 is 0 Å². The first-order valence-electron chi connectivity index (χ1n) is 21.5. The fraction of sp³-hybridized carbons (Fsp3) is 0.955. The Morgan fingerprint density at radius 1 is 0.490 bits per heavy atom. The summed E-state index contributed by atoms with van der Waals surface area (Å²) >= 11 is 0. The number of unbranched alkanes of at least 4 members (excludes halogenated alkanes) is 7. The van der Waals surface area contributed by atoms with E-state index in [2.05, 4.69) is 74.4 Å².